The number of piperidine rings is 2. The molecule has 2 saturated carbocycles. The molecule has 2 aromatic heterocycles. The van der Waals surface area contributed by atoms with E-state index in [0.717, 1.165) is 58.3 Å². The number of carbonyl (C=O) groups is 3. The van der Waals surface area contributed by atoms with Crippen molar-refractivity contribution < 1.29 is 14.4 Å². The molecule has 0 radical (unpaired) electrons. The first-order chi connectivity index (χ1) is 20.5. The zero-order chi connectivity index (χ0) is 29.1. The minimum Gasteiger partial charge on any atom is -0.335 e. The number of piperazine rings is 1. The molecule has 0 spiro atoms. The van der Waals surface area contributed by atoms with E-state index in [2.05, 4.69) is 31.0 Å². The van der Waals surface area contributed by atoms with Gasteiger partial charge in [-0.3, -0.25) is 14.4 Å². The van der Waals surface area contributed by atoms with Crippen LogP contribution in [0.25, 0.3) is 0 Å². The molecule has 3 amide bonds. The second-order valence-corrected chi connectivity index (χ2v) is 15.7. The number of fused-ring (bicyclic) bond motifs is 2. The molecule has 5 fully saturated rings. The van der Waals surface area contributed by atoms with Crippen LogP contribution in [0.4, 0.5) is 5.00 Å². The number of hydrogen-bond donors (Lipinski definition) is 1. The fourth-order valence-corrected chi connectivity index (χ4v) is 9.99. The van der Waals surface area contributed by atoms with Crippen molar-refractivity contribution in [1.29, 1.82) is 0 Å². The molecule has 4 atom stereocenters. The topological polar surface area (TPSA) is 73.0 Å². The summed E-state index contributed by atoms with van der Waals surface area (Å²) in [6.07, 6.45) is 15.1. The van der Waals surface area contributed by atoms with Gasteiger partial charge in [-0.05, 0) is 91.3 Å². The van der Waals surface area contributed by atoms with Crippen molar-refractivity contribution in [2.45, 2.75) is 89.1 Å². The van der Waals surface area contributed by atoms with Crippen molar-refractivity contribution in [3.63, 3.8) is 0 Å². The van der Waals surface area contributed by atoms with Gasteiger partial charge in [-0.25, -0.2) is 0 Å². The molecule has 0 aromatic carbocycles. The van der Waals surface area contributed by atoms with Crippen LogP contribution in [0.2, 0.25) is 0 Å². The number of hydrogen-bond acceptors (Lipinski definition) is 6. The van der Waals surface area contributed by atoms with Crippen LogP contribution in [0.1, 0.15) is 97.8 Å². The van der Waals surface area contributed by atoms with Gasteiger partial charge in [0.25, 0.3) is 11.8 Å². The van der Waals surface area contributed by atoms with E-state index in [1.165, 1.54) is 75.5 Å². The second kappa shape index (κ2) is 13.9. The number of carbonyl (C=O) groups excluding carboxylic acids is 3. The van der Waals surface area contributed by atoms with E-state index >= 15 is 0 Å². The summed E-state index contributed by atoms with van der Waals surface area (Å²) in [6, 6.07) is 4.82. The molecule has 0 bridgehead atoms. The summed E-state index contributed by atoms with van der Waals surface area (Å²) < 4.78 is 1.04. The van der Waals surface area contributed by atoms with Gasteiger partial charge in [0.1, 0.15) is 0 Å². The Morgan fingerprint density at radius 3 is 1.86 bits per heavy atom. The Hall–Kier alpha value is -1.75. The molecule has 42 heavy (non-hydrogen) atoms. The molecule has 3 aliphatic heterocycles. The van der Waals surface area contributed by atoms with E-state index < -0.39 is 0 Å². The molecule has 1 N–H and O–H groups in total. The fourth-order valence-electron chi connectivity index (χ4n) is 7.93. The van der Waals surface area contributed by atoms with Crippen molar-refractivity contribution in [1.82, 2.24) is 15.1 Å². The molecule has 5 aliphatic rings. The second-order valence-electron chi connectivity index (χ2n) is 12.5. The zero-order valence-corrected chi connectivity index (χ0v) is 27.6. The van der Waals surface area contributed by atoms with Gasteiger partial charge in [-0.2, -0.15) is 0 Å². The number of anilines is 1. The molecule has 4 unspecified atom stereocenters. The van der Waals surface area contributed by atoms with Crippen molar-refractivity contribution in [2.24, 2.45) is 11.8 Å². The van der Waals surface area contributed by atoms with Gasteiger partial charge >= 0.3 is 0 Å². The van der Waals surface area contributed by atoms with Crippen LogP contribution in [0, 0.1) is 11.8 Å². The summed E-state index contributed by atoms with van der Waals surface area (Å²) >= 11 is 6.55. The minimum atomic E-state index is 0.0902. The minimum absolute atomic E-state index is 0.0902. The van der Waals surface area contributed by atoms with Crippen LogP contribution in [0.3, 0.4) is 0 Å². The molecule has 2 aromatic rings. The first-order valence-corrected chi connectivity index (χ1v) is 18.5. The summed E-state index contributed by atoms with van der Waals surface area (Å²) in [5.41, 5.74) is 1.62. The molecule has 2 aliphatic carbocycles. The third kappa shape index (κ3) is 6.66. The molecule has 228 valence electrons. The molecular weight excluding hydrogens is 632 g/mol. The van der Waals surface area contributed by atoms with Gasteiger partial charge in [0, 0.05) is 49.0 Å². The maximum Gasteiger partial charge on any atom is 0.255 e. The Kier molecular flexibility index (Phi) is 10.0. The smallest absolute Gasteiger partial charge is 0.255 e. The molecular formula is C32H43BrN4O3S2. The van der Waals surface area contributed by atoms with Crippen molar-refractivity contribution in [3.8, 4) is 0 Å². The molecule has 7 rings (SSSR count). The number of rotatable bonds is 3. The average Bonchev–Trinajstić information content (AvgIpc) is 3.70. The SMILES string of the molecule is O=C(c1csc(Br)c1)N1CCCC2CCCCC21.O=C1CNCCN1c1cc(C(=O)N2CCCC3CCCCC32)cs1. The number of nitrogens with one attached hydrogen (secondary N) is 1. The predicted molar refractivity (Wildman–Crippen MR) is 174 cm³/mol. The third-order valence-electron chi connectivity index (χ3n) is 10.0. The summed E-state index contributed by atoms with van der Waals surface area (Å²) in [5.74, 6) is 1.96. The van der Waals surface area contributed by atoms with Crippen molar-refractivity contribution in [2.75, 3.05) is 37.6 Å². The number of halogens is 1. The van der Waals surface area contributed by atoms with Crippen LogP contribution in [0.15, 0.2) is 26.7 Å². The highest BCUT2D eigenvalue weighted by Crippen LogP contribution is 2.38. The first kappa shape index (κ1) is 30.3. The summed E-state index contributed by atoms with van der Waals surface area (Å²) in [6.45, 7) is 3.71. The Labute approximate surface area is 266 Å². The molecule has 7 nitrogen and oxygen atoms in total. The maximum atomic E-state index is 13.0. The van der Waals surface area contributed by atoms with Gasteiger partial charge in [0.2, 0.25) is 5.91 Å². The maximum absolute atomic E-state index is 13.0. The van der Waals surface area contributed by atoms with Crippen LogP contribution in [-0.4, -0.2) is 72.3 Å². The number of amides is 3. The fraction of sp³-hybridized carbons (Fsp3) is 0.656. The lowest BCUT2D eigenvalue weighted by Crippen LogP contribution is -2.49. The Bertz CT molecular complexity index is 1260. The molecule has 3 saturated heterocycles. The van der Waals surface area contributed by atoms with Crippen LogP contribution in [0.5, 0.6) is 0 Å². The number of nitrogens with zero attached hydrogens (tertiary/aromatic N) is 3. The first-order valence-electron chi connectivity index (χ1n) is 15.9. The van der Waals surface area contributed by atoms with Gasteiger partial charge in [-0.15, -0.1) is 22.7 Å². The lowest BCUT2D eigenvalue weighted by Gasteiger charge is -2.44. The highest BCUT2D eigenvalue weighted by molar-refractivity contribution is 9.11. The molecule has 5 heterocycles. The van der Waals surface area contributed by atoms with E-state index in [-0.39, 0.29) is 17.7 Å². The van der Waals surface area contributed by atoms with E-state index in [1.54, 1.807) is 16.2 Å². The highest BCUT2D eigenvalue weighted by Gasteiger charge is 2.37. The Balaban J connectivity index is 0.000000157. The lowest BCUT2D eigenvalue weighted by molar-refractivity contribution is -0.118. The normalized spacial score (nSPS) is 27.9. The van der Waals surface area contributed by atoms with Crippen molar-refractivity contribution in [3.05, 3.63) is 37.8 Å². The Morgan fingerprint density at radius 1 is 0.738 bits per heavy atom. The van der Waals surface area contributed by atoms with E-state index in [4.69, 9.17) is 0 Å². The number of likely N-dealkylation sites (tertiary alicyclic amines) is 2. The average molecular weight is 676 g/mol. The highest BCUT2D eigenvalue weighted by atomic mass is 79.9. The Morgan fingerprint density at radius 2 is 1.29 bits per heavy atom. The summed E-state index contributed by atoms with van der Waals surface area (Å²) in [5, 5.41) is 7.89. The van der Waals surface area contributed by atoms with Gasteiger partial charge in [0.15, 0.2) is 0 Å². The summed E-state index contributed by atoms with van der Waals surface area (Å²) in [4.78, 5) is 43.7. The van der Waals surface area contributed by atoms with Gasteiger partial charge in [0.05, 0.1) is 26.5 Å². The quantitative estimate of drug-likeness (QED) is 0.389. The van der Waals surface area contributed by atoms with Crippen LogP contribution < -0.4 is 10.2 Å². The lowest BCUT2D eigenvalue weighted by atomic mass is 9.78. The number of thiophene rings is 2. The standard InChI is InChI=1S/C18H25N3O2S.C14H18BrNOS/c22-16-11-19-7-9-21(16)17-10-14(12-24-17)18(23)20-8-3-5-13-4-1-2-6-15(13)20;15-13-8-11(9-18-13)14(17)16-7-3-5-10-4-1-2-6-12(10)16/h10,12-13,15,19H,1-9,11H2;8-10,12H,1-7H2. The largest absolute Gasteiger partial charge is 0.335 e. The third-order valence-corrected chi connectivity index (χ3v) is 12.5. The predicted octanol–water partition coefficient (Wildman–Crippen LogP) is 6.78. The van der Waals surface area contributed by atoms with Crippen LogP contribution >= 0.6 is 38.6 Å². The van der Waals surface area contributed by atoms with Gasteiger partial charge in [-0.1, -0.05) is 25.7 Å². The van der Waals surface area contributed by atoms with E-state index in [1.807, 2.05) is 22.9 Å². The van der Waals surface area contributed by atoms with Crippen LogP contribution in [-0.2, 0) is 4.79 Å². The van der Waals surface area contributed by atoms with Gasteiger partial charge < -0.3 is 20.0 Å². The van der Waals surface area contributed by atoms with E-state index in [9.17, 15) is 14.4 Å². The molecule has 10 heteroatoms. The van der Waals surface area contributed by atoms with E-state index in [0.29, 0.717) is 31.1 Å². The monoisotopic (exact) mass is 674 g/mol. The summed E-state index contributed by atoms with van der Waals surface area (Å²) in [7, 11) is 0. The zero-order valence-electron chi connectivity index (χ0n) is 24.4. The van der Waals surface area contributed by atoms with Crippen molar-refractivity contribution >= 4 is 61.3 Å².